The Balaban J connectivity index is 1.28. The first kappa shape index (κ1) is 22.2. The molecule has 2 aromatic heterocycles. The molecule has 164 valence electrons. The van der Waals surface area contributed by atoms with Crippen molar-refractivity contribution < 1.29 is 18.0 Å². The van der Waals surface area contributed by atoms with Crippen LogP contribution in [-0.2, 0) is 26.0 Å². The molecule has 1 fully saturated rings. The van der Waals surface area contributed by atoms with E-state index in [2.05, 4.69) is 15.5 Å². The lowest BCUT2D eigenvalue weighted by atomic mass is 10.2. The molecule has 2 aromatic rings. The average Bonchev–Trinajstić information content (AvgIpc) is 3.14. The summed E-state index contributed by atoms with van der Waals surface area (Å²) in [7, 11) is -3.21. The summed E-state index contributed by atoms with van der Waals surface area (Å²) in [6.07, 6.45) is 5.62. The highest BCUT2D eigenvalue weighted by Gasteiger charge is 2.25. The summed E-state index contributed by atoms with van der Waals surface area (Å²) in [4.78, 5) is 25.9. The SMILES string of the molecule is CS(=O)(=O)N1CCN(C(=O)CCCC(=O)NCCCc2nnc3ccccn23)CC1. The topological polar surface area (TPSA) is 117 Å². The number of nitrogens with zero attached hydrogens (tertiary/aromatic N) is 5. The molecular formula is C19H28N6O4S. The molecule has 0 saturated carbocycles. The highest BCUT2D eigenvalue weighted by Crippen LogP contribution is 2.09. The van der Waals surface area contributed by atoms with E-state index in [0.717, 1.165) is 17.9 Å². The van der Waals surface area contributed by atoms with E-state index in [9.17, 15) is 18.0 Å². The van der Waals surface area contributed by atoms with Gasteiger partial charge in [0.25, 0.3) is 0 Å². The lowest BCUT2D eigenvalue weighted by Gasteiger charge is -2.33. The van der Waals surface area contributed by atoms with Gasteiger partial charge >= 0.3 is 0 Å². The number of carbonyl (C=O) groups excluding carboxylic acids is 2. The number of pyridine rings is 1. The lowest BCUT2D eigenvalue weighted by Crippen LogP contribution is -2.50. The molecule has 3 rings (SSSR count). The fourth-order valence-electron chi connectivity index (χ4n) is 3.45. The highest BCUT2D eigenvalue weighted by molar-refractivity contribution is 7.88. The molecular weight excluding hydrogens is 408 g/mol. The molecule has 0 bridgehead atoms. The Bertz CT molecular complexity index is 982. The van der Waals surface area contributed by atoms with Crippen LogP contribution >= 0.6 is 0 Å². The van der Waals surface area contributed by atoms with E-state index in [1.807, 2.05) is 28.8 Å². The van der Waals surface area contributed by atoms with Gasteiger partial charge in [-0.2, -0.15) is 4.31 Å². The fraction of sp³-hybridized carbons (Fsp3) is 0.579. The standard InChI is InChI=1S/C19H28N6O4S/c1-30(28,29)24-14-12-23(13-15-24)19(27)9-4-8-18(26)20-10-5-7-17-22-21-16-6-2-3-11-25(16)17/h2-3,6,11H,4-5,7-10,12-15H2,1H3,(H,20,26). The number of nitrogens with one attached hydrogen (secondary N) is 1. The lowest BCUT2D eigenvalue weighted by molar-refractivity contribution is -0.132. The van der Waals surface area contributed by atoms with Crippen LogP contribution in [0.4, 0.5) is 0 Å². The Hall–Kier alpha value is -2.53. The maximum atomic E-state index is 12.2. The van der Waals surface area contributed by atoms with Crippen LogP contribution in [-0.4, -0.2) is 83.0 Å². The fourth-order valence-corrected chi connectivity index (χ4v) is 4.28. The maximum absolute atomic E-state index is 12.2. The summed E-state index contributed by atoms with van der Waals surface area (Å²) in [5.41, 5.74) is 0.805. The van der Waals surface area contributed by atoms with E-state index in [0.29, 0.717) is 52.0 Å². The predicted molar refractivity (Wildman–Crippen MR) is 111 cm³/mol. The van der Waals surface area contributed by atoms with Crippen molar-refractivity contribution >= 4 is 27.5 Å². The molecule has 0 aliphatic carbocycles. The Morgan fingerprint density at radius 1 is 1.07 bits per heavy atom. The van der Waals surface area contributed by atoms with Crippen molar-refractivity contribution in [3.05, 3.63) is 30.2 Å². The Kier molecular flexibility index (Phi) is 7.38. The number of aryl methyl sites for hydroxylation is 1. The minimum Gasteiger partial charge on any atom is -0.356 e. The van der Waals surface area contributed by atoms with Crippen molar-refractivity contribution in [1.82, 2.24) is 29.1 Å². The number of carbonyl (C=O) groups is 2. The molecule has 2 amide bonds. The minimum atomic E-state index is -3.21. The first-order valence-corrected chi connectivity index (χ1v) is 12.0. The van der Waals surface area contributed by atoms with Crippen molar-refractivity contribution in [2.24, 2.45) is 0 Å². The molecule has 0 atom stereocenters. The van der Waals surface area contributed by atoms with Crippen LogP contribution in [0.2, 0.25) is 0 Å². The number of aromatic nitrogens is 3. The summed E-state index contributed by atoms with van der Waals surface area (Å²) >= 11 is 0. The van der Waals surface area contributed by atoms with Crippen molar-refractivity contribution in [3.8, 4) is 0 Å². The van der Waals surface area contributed by atoms with E-state index >= 15 is 0 Å². The second-order valence-electron chi connectivity index (χ2n) is 7.39. The zero-order valence-electron chi connectivity index (χ0n) is 17.2. The van der Waals surface area contributed by atoms with E-state index in [4.69, 9.17) is 0 Å². The second kappa shape index (κ2) is 9.98. The number of rotatable bonds is 9. The molecule has 0 spiro atoms. The number of hydrogen-bond donors (Lipinski definition) is 1. The highest BCUT2D eigenvalue weighted by atomic mass is 32.2. The van der Waals surface area contributed by atoms with Gasteiger partial charge in [0.05, 0.1) is 6.26 Å². The van der Waals surface area contributed by atoms with Gasteiger partial charge < -0.3 is 10.2 Å². The molecule has 1 aliphatic heterocycles. The van der Waals surface area contributed by atoms with E-state index in [1.165, 1.54) is 10.6 Å². The Morgan fingerprint density at radius 3 is 2.57 bits per heavy atom. The molecule has 0 aromatic carbocycles. The first-order chi connectivity index (χ1) is 14.3. The number of fused-ring (bicyclic) bond motifs is 1. The minimum absolute atomic E-state index is 0.0327. The van der Waals surface area contributed by atoms with Crippen molar-refractivity contribution in [2.75, 3.05) is 39.0 Å². The number of piperazine rings is 1. The van der Waals surface area contributed by atoms with Crippen LogP contribution in [0.25, 0.3) is 5.65 Å². The largest absolute Gasteiger partial charge is 0.356 e. The molecule has 0 unspecified atom stereocenters. The molecule has 11 heteroatoms. The van der Waals surface area contributed by atoms with Crippen LogP contribution in [0.3, 0.4) is 0 Å². The average molecular weight is 437 g/mol. The number of amides is 2. The van der Waals surface area contributed by atoms with Crippen LogP contribution in [0, 0.1) is 0 Å². The Morgan fingerprint density at radius 2 is 1.83 bits per heavy atom. The van der Waals surface area contributed by atoms with Gasteiger partial charge in [-0.05, 0) is 25.0 Å². The van der Waals surface area contributed by atoms with Crippen LogP contribution in [0.15, 0.2) is 24.4 Å². The van der Waals surface area contributed by atoms with Crippen molar-refractivity contribution in [2.45, 2.75) is 32.1 Å². The summed E-state index contributed by atoms with van der Waals surface area (Å²) < 4.78 is 26.3. The zero-order valence-corrected chi connectivity index (χ0v) is 18.0. The quantitative estimate of drug-likeness (QED) is 0.555. The summed E-state index contributed by atoms with van der Waals surface area (Å²) in [5.74, 6) is 0.756. The van der Waals surface area contributed by atoms with Crippen LogP contribution < -0.4 is 5.32 Å². The van der Waals surface area contributed by atoms with Gasteiger partial charge in [0.1, 0.15) is 5.82 Å². The van der Waals surface area contributed by atoms with Crippen molar-refractivity contribution in [3.63, 3.8) is 0 Å². The number of sulfonamides is 1. The van der Waals surface area contributed by atoms with Gasteiger partial charge in [-0.1, -0.05) is 6.07 Å². The van der Waals surface area contributed by atoms with Crippen molar-refractivity contribution in [1.29, 1.82) is 0 Å². The van der Waals surface area contributed by atoms with Gasteiger partial charge in [0.2, 0.25) is 21.8 Å². The Labute approximate surface area is 176 Å². The molecule has 3 heterocycles. The molecule has 30 heavy (non-hydrogen) atoms. The maximum Gasteiger partial charge on any atom is 0.222 e. The molecule has 10 nitrogen and oxygen atoms in total. The van der Waals surface area contributed by atoms with E-state index < -0.39 is 10.0 Å². The molecule has 1 aliphatic rings. The van der Waals surface area contributed by atoms with Gasteiger partial charge in [-0.25, -0.2) is 8.42 Å². The van der Waals surface area contributed by atoms with Gasteiger partial charge in [0, 0.05) is 58.2 Å². The second-order valence-corrected chi connectivity index (χ2v) is 9.38. The van der Waals surface area contributed by atoms with Gasteiger partial charge in [-0.3, -0.25) is 14.0 Å². The van der Waals surface area contributed by atoms with E-state index in [-0.39, 0.29) is 18.2 Å². The third-order valence-corrected chi connectivity index (χ3v) is 6.44. The molecule has 0 radical (unpaired) electrons. The number of hydrogen-bond acceptors (Lipinski definition) is 6. The van der Waals surface area contributed by atoms with Crippen LogP contribution in [0.5, 0.6) is 0 Å². The van der Waals surface area contributed by atoms with Crippen LogP contribution in [0.1, 0.15) is 31.5 Å². The first-order valence-electron chi connectivity index (χ1n) is 10.1. The summed E-state index contributed by atoms with van der Waals surface area (Å²) in [5, 5.41) is 11.1. The van der Waals surface area contributed by atoms with Gasteiger partial charge in [-0.15, -0.1) is 10.2 Å². The summed E-state index contributed by atoms with van der Waals surface area (Å²) in [6, 6.07) is 5.73. The van der Waals surface area contributed by atoms with Gasteiger partial charge in [0.15, 0.2) is 5.65 Å². The molecule has 1 saturated heterocycles. The molecule has 1 N–H and O–H groups in total. The predicted octanol–water partition coefficient (Wildman–Crippen LogP) is 0.0522. The zero-order chi connectivity index (χ0) is 21.6. The summed E-state index contributed by atoms with van der Waals surface area (Å²) in [6.45, 7) is 1.99. The van der Waals surface area contributed by atoms with E-state index in [1.54, 1.807) is 4.90 Å². The smallest absolute Gasteiger partial charge is 0.222 e. The third-order valence-electron chi connectivity index (χ3n) is 5.14. The third kappa shape index (κ3) is 5.99. The normalized spacial score (nSPS) is 15.4. The monoisotopic (exact) mass is 436 g/mol.